The van der Waals surface area contributed by atoms with Crippen LogP contribution in [0.1, 0.15) is 96.6 Å². The lowest BCUT2D eigenvalue weighted by Crippen LogP contribution is -2.68. The summed E-state index contributed by atoms with van der Waals surface area (Å²) in [4.78, 5) is 73.8. The molecule has 7 rings (SSSR count). The van der Waals surface area contributed by atoms with Crippen molar-refractivity contribution in [1.29, 1.82) is 0 Å². The van der Waals surface area contributed by atoms with Gasteiger partial charge in [-0.15, -0.1) is 0 Å². The summed E-state index contributed by atoms with van der Waals surface area (Å²) in [6.45, 7) is 6.40. The van der Waals surface area contributed by atoms with Crippen LogP contribution in [0.3, 0.4) is 0 Å². The molecule has 1 aliphatic carbocycles. The van der Waals surface area contributed by atoms with Crippen molar-refractivity contribution in [3.05, 3.63) is 47.5 Å². The molecular weight excluding hydrogens is 748 g/mol. The van der Waals surface area contributed by atoms with Crippen LogP contribution in [-0.4, -0.2) is 93.3 Å². The van der Waals surface area contributed by atoms with E-state index in [-0.39, 0.29) is 65.4 Å². The molecule has 14 nitrogen and oxygen atoms in total. The molecule has 58 heavy (non-hydrogen) atoms. The number of nitrogens with zero attached hydrogens (tertiary/aromatic N) is 2. The van der Waals surface area contributed by atoms with Gasteiger partial charge in [0.15, 0.2) is 23.0 Å². The zero-order valence-electron chi connectivity index (χ0n) is 34.2. The van der Waals surface area contributed by atoms with Crippen LogP contribution in [0, 0.1) is 29.1 Å². The molecule has 4 aliphatic heterocycles. The lowest BCUT2D eigenvalue weighted by Gasteiger charge is -2.61. The van der Waals surface area contributed by atoms with Gasteiger partial charge in [-0.2, -0.15) is 0 Å². The number of hydrogen-bond donors (Lipinski definition) is 2. The molecular formula is C44H56N2O12+2. The second-order valence-corrected chi connectivity index (χ2v) is 18.1. The van der Waals surface area contributed by atoms with E-state index >= 15 is 0 Å². The smallest absolute Gasteiger partial charge is 0.310 e. The summed E-state index contributed by atoms with van der Waals surface area (Å²) in [6.07, 6.45) is 6.77. The molecule has 0 radical (unpaired) electrons. The van der Waals surface area contributed by atoms with Crippen LogP contribution in [0.2, 0.25) is 0 Å². The Labute approximate surface area is 338 Å². The maximum absolute atomic E-state index is 13.7. The van der Waals surface area contributed by atoms with Crippen molar-refractivity contribution >= 4 is 35.8 Å². The molecule has 5 aliphatic rings. The number of benzene rings is 2. The molecule has 2 aromatic carbocycles. The summed E-state index contributed by atoms with van der Waals surface area (Å²) in [5, 5.41) is 21.8. The molecule has 11 atom stereocenters. The molecule has 0 amide bonds. The van der Waals surface area contributed by atoms with E-state index < -0.39 is 53.1 Å². The quantitative estimate of drug-likeness (QED) is 0.153. The number of carbonyl (C=O) groups is 6. The first-order chi connectivity index (χ1) is 27.3. The lowest BCUT2D eigenvalue weighted by atomic mass is 9.43. The molecule has 4 saturated heterocycles. The summed E-state index contributed by atoms with van der Waals surface area (Å²) >= 11 is 0. The van der Waals surface area contributed by atoms with Crippen molar-refractivity contribution in [2.75, 3.05) is 14.1 Å². The summed E-state index contributed by atoms with van der Waals surface area (Å²) in [5.74, 6) is -4.60. The Morgan fingerprint density at radius 1 is 0.603 bits per heavy atom. The second kappa shape index (κ2) is 15.4. The highest BCUT2D eigenvalue weighted by Crippen LogP contribution is 2.66. The zero-order chi connectivity index (χ0) is 41.9. The van der Waals surface area contributed by atoms with Gasteiger partial charge in [0.05, 0.1) is 49.6 Å². The van der Waals surface area contributed by atoms with Crippen molar-refractivity contribution in [3.63, 3.8) is 0 Å². The molecule has 1 saturated carbocycles. The van der Waals surface area contributed by atoms with Gasteiger partial charge < -0.3 is 38.1 Å². The van der Waals surface area contributed by atoms with Gasteiger partial charge in [0, 0.05) is 90.2 Å². The standard InChI is InChI=1S/C44H54N2O12/c1-24(47)55-37-13-7-28(15-39(37)57-26(3)49)22-45(5)32-9-10-33(45)18-30(17-32)41-36(42(51)52)21-44(41,43(53)54)31-19-34-11-12-35(20-31)46(34,6)23-29-8-14-38(56-25(2)48)40(16-29)58-27(4)50/h7-8,13-16,30-36,41H,9-12,17-23H2,1-6H3/p+2/t30?,31?,32-,33+,34-,35+,36?,41?,44?,45?,46?. The fourth-order valence-corrected chi connectivity index (χ4v) is 12.5. The van der Waals surface area contributed by atoms with Crippen LogP contribution in [0.4, 0.5) is 0 Å². The van der Waals surface area contributed by atoms with Gasteiger partial charge >= 0.3 is 35.8 Å². The molecule has 312 valence electrons. The third kappa shape index (κ3) is 7.38. The van der Waals surface area contributed by atoms with Crippen LogP contribution in [0.25, 0.3) is 0 Å². The number of carbonyl (C=O) groups excluding carboxylic acids is 4. The third-order valence-corrected chi connectivity index (χ3v) is 14.9. The highest BCUT2D eigenvalue weighted by molar-refractivity contribution is 5.83. The van der Waals surface area contributed by atoms with Gasteiger partial charge in [0.25, 0.3) is 0 Å². The third-order valence-electron chi connectivity index (χ3n) is 14.9. The van der Waals surface area contributed by atoms with E-state index in [2.05, 4.69) is 14.1 Å². The minimum atomic E-state index is -1.13. The molecule has 14 heteroatoms. The number of fused-ring (bicyclic) bond motifs is 4. The largest absolute Gasteiger partial charge is 0.481 e. The van der Waals surface area contributed by atoms with E-state index in [1.165, 1.54) is 27.7 Å². The summed E-state index contributed by atoms with van der Waals surface area (Å²) in [7, 11) is 4.44. The zero-order valence-corrected chi connectivity index (χ0v) is 34.2. The summed E-state index contributed by atoms with van der Waals surface area (Å²) in [6, 6.07) is 11.3. The molecule has 2 N–H and O–H groups in total. The Hall–Kier alpha value is -4.82. The predicted molar refractivity (Wildman–Crippen MR) is 206 cm³/mol. The number of esters is 4. The number of hydrogen-bond acceptors (Lipinski definition) is 10. The fourth-order valence-electron chi connectivity index (χ4n) is 12.5. The van der Waals surface area contributed by atoms with Crippen LogP contribution in [0.15, 0.2) is 36.4 Å². The first-order valence-electron chi connectivity index (χ1n) is 20.5. The number of piperidine rings is 2. The average molecular weight is 805 g/mol. The number of carboxylic acid groups (broad SMARTS) is 2. The van der Waals surface area contributed by atoms with E-state index in [1.54, 1.807) is 24.3 Å². The minimum absolute atomic E-state index is 0.0477. The van der Waals surface area contributed by atoms with Gasteiger partial charge in [-0.25, -0.2) is 0 Å². The molecule has 4 bridgehead atoms. The van der Waals surface area contributed by atoms with Crippen LogP contribution in [-0.2, 0) is 41.9 Å². The second-order valence-electron chi connectivity index (χ2n) is 18.1. The highest BCUT2D eigenvalue weighted by atomic mass is 16.6. The van der Waals surface area contributed by atoms with Crippen molar-refractivity contribution in [3.8, 4) is 23.0 Å². The topological polar surface area (TPSA) is 180 Å². The Kier molecular flexibility index (Phi) is 11.0. The fraction of sp³-hybridized carbons (Fsp3) is 0.591. The van der Waals surface area contributed by atoms with Crippen molar-refractivity contribution in [2.45, 2.75) is 123 Å². The first-order valence-corrected chi connectivity index (χ1v) is 20.5. The number of quaternary nitrogens is 2. The van der Waals surface area contributed by atoms with Gasteiger partial charge in [-0.05, 0) is 60.6 Å². The minimum Gasteiger partial charge on any atom is -0.481 e. The Morgan fingerprint density at radius 2 is 0.983 bits per heavy atom. The normalized spacial score (nSPS) is 34.7. The molecule has 5 fully saturated rings. The monoisotopic (exact) mass is 804 g/mol. The van der Waals surface area contributed by atoms with E-state index in [0.29, 0.717) is 30.4 Å². The summed E-state index contributed by atoms with van der Waals surface area (Å²) in [5.41, 5.74) is 0.700. The number of carboxylic acids is 2. The van der Waals surface area contributed by atoms with Crippen LogP contribution >= 0.6 is 0 Å². The van der Waals surface area contributed by atoms with Gasteiger partial charge in [-0.3, -0.25) is 28.8 Å². The SMILES string of the molecule is CC(=O)Oc1ccc(C[N+]2(C)[C@@H]3CC[C@H]2CC(C2C(C(=O)O)CC2(C(=O)O)C2C[C@H]4CC[C@@H](C2)[N+]4(C)Cc2ccc(OC(C)=O)c(OC(C)=O)c2)C3)cc1OC(C)=O. The predicted octanol–water partition coefficient (Wildman–Crippen LogP) is 5.65. The molecule has 4 heterocycles. The van der Waals surface area contributed by atoms with Crippen molar-refractivity contribution < 1.29 is 66.9 Å². The van der Waals surface area contributed by atoms with E-state index in [4.69, 9.17) is 18.9 Å². The maximum atomic E-state index is 13.7. The molecule has 7 unspecified atom stereocenters. The van der Waals surface area contributed by atoms with E-state index in [9.17, 15) is 39.0 Å². The van der Waals surface area contributed by atoms with Crippen molar-refractivity contribution in [1.82, 2.24) is 0 Å². The number of ether oxygens (including phenoxy) is 4. The first kappa shape index (κ1) is 41.3. The van der Waals surface area contributed by atoms with Gasteiger partial charge in [0.2, 0.25) is 0 Å². The summed E-state index contributed by atoms with van der Waals surface area (Å²) < 4.78 is 22.8. The number of rotatable bonds is 12. The lowest BCUT2D eigenvalue weighted by molar-refractivity contribution is -0.962. The molecule has 2 aromatic rings. The Morgan fingerprint density at radius 3 is 1.34 bits per heavy atom. The van der Waals surface area contributed by atoms with E-state index in [0.717, 1.165) is 54.1 Å². The maximum Gasteiger partial charge on any atom is 0.310 e. The van der Waals surface area contributed by atoms with Crippen molar-refractivity contribution in [2.24, 2.45) is 29.1 Å². The number of aliphatic carboxylic acids is 2. The Balaban J connectivity index is 1.11. The van der Waals surface area contributed by atoms with Gasteiger partial charge in [0.1, 0.15) is 13.1 Å². The van der Waals surface area contributed by atoms with Crippen LogP contribution in [0.5, 0.6) is 23.0 Å². The van der Waals surface area contributed by atoms with Crippen LogP contribution < -0.4 is 18.9 Å². The average Bonchev–Trinajstić information content (AvgIpc) is 3.33. The Bertz CT molecular complexity index is 2000. The van der Waals surface area contributed by atoms with Gasteiger partial charge in [-0.1, -0.05) is 0 Å². The highest BCUT2D eigenvalue weighted by Gasteiger charge is 2.71. The van der Waals surface area contributed by atoms with E-state index in [1.807, 2.05) is 12.1 Å². The molecule has 0 spiro atoms. The molecule has 0 aromatic heterocycles.